The van der Waals surface area contributed by atoms with Crippen LogP contribution < -0.4 is 10.6 Å². The van der Waals surface area contributed by atoms with Gasteiger partial charge in [-0.1, -0.05) is 49.3 Å². The second kappa shape index (κ2) is 11.9. The van der Waals surface area contributed by atoms with Crippen molar-refractivity contribution in [1.82, 2.24) is 20.7 Å². The van der Waals surface area contributed by atoms with Crippen LogP contribution in [0.15, 0.2) is 45.9 Å². The first-order valence-corrected chi connectivity index (χ1v) is 11.9. The second-order valence-electron chi connectivity index (χ2n) is 8.47. The molecule has 1 unspecified atom stereocenters. The van der Waals surface area contributed by atoms with E-state index in [1.807, 2.05) is 0 Å². The molecule has 0 aliphatic carbocycles. The zero-order chi connectivity index (χ0) is 22.1. The Morgan fingerprint density at radius 3 is 2.52 bits per heavy atom. The minimum absolute atomic E-state index is 0.437. The molecule has 6 nitrogen and oxygen atoms in total. The fourth-order valence-electron chi connectivity index (χ4n) is 4.35. The van der Waals surface area contributed by atoms with Gasteiger partial charge in [0.1, 0.15) is 6.54 Å². The molecular weight excluding hydrogens is 386 g/mol. The molecule has 0 amide bonds. The summed E-state index contributed by atoms with van der Waals surface area (Å²) < 4.78 is 5.53. The van der Waals surface area contributed by atoms with Crippen LogP contribution in [-0.2, 0) is 6.54 Å². The first-order chi connectivity index (χ1) is 15.1. The van der Waals surface area contributed by atoms with Crippen LogP contribution >= 0.6 is 0 Å². The summed E-state index contributed by atoms with van der Waals surface area (Å²) in [6.07, 6.45) is 4.39. The molecule has 31 heavy (non-hydrogen) atoms. The SMILES string of the molecule is CCNC(=NCc1cc(C(CC)CC)no1)NC1CCN(C(C)c2ccccc2)CC1. The van der Waals surface area contributed by atoms with Crippen LogP contribution in [0.1, 0.15) is 82.4 Å². The second-order valence-corrected chi connectivity index (χ2v) is 8.47. The zero-order valence-electron chi connectivity index (χ0n) is 19.6. The van der Waals surface area contributed by atoms with Gasteiger partial charge in [-0.05, 0) is 45.1 Å². The number of aliphatic imine (C=N–C) groups is 1. The van der Waals surface area contributed by atoms with Crippen LogP contribution in [0.25, 0.3) is 0 Å². The van der Waals surface area contributed by atoms with E-state index in [1.165, 1.54) is 5.56 Å². The molecule has 1 atom stereocenters. The Morgan fingerprint density at radius 1 is 1.16 bits per heavy atom. The molecule has 2 aromatic rings. The van der Waals surface area contributed by atoms with Crippen molar-refractivity contribution in [3.63, 3.8) is 0 Å². The van der Waals surface area contributed by atoms with Crippen LogP contribution in [0, 0.1) is 0 Å². The summed E-state index contributed by atoms with van der Waals surface area (Å²) >= 11 is 0. The Bertz CT molecular complexity index is 791. The number of rotatable bonds is 9. The lowest BCUT2D eigenvalue weighted by Gasteiger charge is -2.37. The number of hydrogen-bond acceptors (Lipinski definition) is 4. The Balaban J connectivity index is 1.52. The van der Waals surface area contributed by atoms with E-state index in [9.17, 15) is 0 Å². The molecule has 1 aromatic heterocycles. The summed E-state index contributed by atoms with van der Waals surface area (Å²) in [4.78, 5) is 7.33. The number of nitrogens with zero attached hydrogens (tertiary/aromatic N) is 3. The highest BCUT2D eigenvalue weighted by Crippen LogP contribution is 2.24. The Hall–Kier alpha value is -2.34. The van der Waals surface area contributed by atoms with Crippen molar-refractivity contribution in [2.45, 2.75) is 77.9 Å². The van der Waals surface area contributed by atoms with Crippen LogP contribution in [0.3, 0.4) is 0 Å². The van der Waals surface area contributed by atoms with Gasteiger partial charge in [-0.3, -0.25) is 4.90 Å². The van der Waals surface area contributed by atoms with Crippen molar-refractivity contribution < 1.29 is 4.52 Å². The minimum Gasteiger partial charge on any atom is -0.359 e. The third-order valence-electron chi connectivity index (χ3n) is 6.42. The van der Waals surface area contributed by atoms with Crippen molar-refractivity contribution >= 4 is 5.96 Å². The van der Waals surface area contributed by atoms with E-state index in [0.717, 1.165) is 62.7 Å². The molecule has 6 heteroatoms. The molecule has 3 rings (SSSR count). The standard InChI is InChI=1S/C25H39N5O/c1-5-20(6-2)24-17-23(31-29-24)18-27-25(26-7-3)28-22-13-15-30(16-14-22)19(4)21-11-9-8-10-12-21/h8-12,17,19-20,22H,5-7,13-16,18H2,1-4H3,(H2,26,27,28). The summed E-state index contributed by atoms with van der Waals surface area (Å²) in [6.45, 7) is 12.3. The molecular formula is C25H39N5O. The maximum atomic E-state index is 5.53. The first-order valence-electron chi connectivity index (χ1n) is 11.9. The summed E-state index contributed by atoms with van der Waals surface area (Å²) in [7, 11) is 0. The average molecular weight is 426 g/mol. The Labute approximate surface area is 187 Å². The molecule has 170 valence electrons. The van der Waals surface area contributed by atoms with E-state index in [1.54, 1.807) is 0 Å². The lowest BCUT2D eigenvalue weighted by atomic mass is 9.99. The van der Waals surface area contributed by atoms with E-state index < -0.39 is 0 Å². The molecule has 0 spiro atoms. The van der Waals surface area contributed by atoms with Crippen molar-refractivity contribution in [3.05, 3.63) is 53.4 Å². The van der Waals surface area contributed by atoms with Crippen molar-refractivity contribution in [2.75, 3.05) is 19.6 Å². The fourth-order valence-corrected chi connectivity index (χ4v) is 4.35. The van der Waals surface area contributed by atoms with Gasteiger partial charge in [0.2, 0.25) is 0 Å². The number of piperidine rings is 1. The lowest BCUT2D eigenvalue weighted by Crippen LogP contribution is -2.49. The molecule has 1 fully saturated rings. The molecule has 0 radical (unpaired) electrons. The molecule has 1 aliphatic heterocycles. The van der Waals surface area contributed by atoms with Gasteiger partial charge in [-0.15, -0.1) is 0 Å². The number of hydrogen-bond donors (Lipinski definition) is 2. The Morgan fingerprint density at radius 2 is 1.87 bits per heavy atom. The maximum Gasteiger partial charge on any atom is 0.191 e. The molecule has 1 saturated heterocycles. The van der Waals surface area contributed by atoms with E-state index in [4.69, 9.17) is 9.52 Å². The quantitative estimate of drug-likeness (QED) is 0.444. The zero-order valence-corrected chi connectivity index (χ0v) is 19.6. The van der Waals surface area contributed by atoms with Gasteiger partial charge < -0.3 is 15.2 Å². The summed E-state index contributed by atoms with van der Waals surface area (Å²) in [5.74, 6) is 2.15. The maximum absolute atomic E-state index is 5.53. The van der Waals surface area contributed by atoms with Gasteiger partial charge >= 0.3 is 0 Å². The Kier molecular flexibility index (Phi) is 8.95. The predicted octanol–water partition coefficient (Wildman–Crippen LogP) is 4.86. The number of nitrogens with one attached hydrogen (secondary N) is 2. The topological polar surface area (TPSA) is 65.7 Å². The summed E-state index contributed by atoms with van der Waals surface area (Å²) in [5.41, 5.74) is 2.44. The smallest absolute Gasteiger partial charge is 0.191 e. The van der Waals surface area contributed by atoms with Gasteiger partial charge in [0, 0.05) is 43.7 Å². The monoisotopic (exact) mass is 425 g/mol. The molecule has 2 heterocycles. The van der Waals surface area contributed by atoms with Gasteiger partial charge in [-0.25, -0.2) is 4.99 Å². The summed E-state index contributed by atoms with van der Waals surface area (Å²) in [5, 5.41) is 11.3. The van der Waals surface area contributed by atoms with E-state index >= 15 is 0 Å². The lowest BCUT2D eigenvalue weighted by molar-refractivity contribution is 0.158. The number of benzene rings is 1. The molecule has 2 N–H and O–H groups in total. The number of guanidine groups is 1. The van der Waals surface area contributed by atoms with Crippen LogP contribution in [-0.4, -0.2) is 41.7 Å². The molecule has 0 bridgehead atoms. The highest BCUT2D eigenvalue weighted by atomic mass is 16.5. The largest absolute Gasteiger partial charge is 0.359 e. The first kappa shape index (κ1) is 23.3. The van der Waals surface area contributed by atoms with Gasteiger partial charge in [0.05, 0.1) is 5.69 Å². The third-order valence-corrected chi connectivity index (χ3v) is 6.42. The van der Waals surface area contributed by atoms with E-state index in [0.29, 0.717) is 24.5 Å². The minimum atomic E-state index is 0.437. The van der Waals surface area contributed by atoms with E-state index in [-0.39, 0.29) is 0 Å². The molecule has 1 aromatic carbocycles. The summed E-state index contributed by atoms with van der Waals surface area (Å²) in [6, 6.07) is 13.7. The highest BCUT2D eigenvalue weighted by Gasteiger charge is 2.24. The predicted molar refractivity (Wildman–Crippen MR) is 127 cm³/mol. The number of likely N-dealkylation sites (tertiary alicyclic amines) is 1. The molecule has 0 saturated carbocycles. The average Bonchev–Trinajstić information content (AvgIpc) is 3.28. The van der Waals surface area contributed by atoms with E-state index in [2.05, 4.69) is 84.8 Å². The number of aromatic nitrogens is 1. The van der Waals surface area contributed by atoms with Crippen LogP contribution in [0.2, 0.25) is 0 Å². The van der Waals surface area contributed by atoms with Gasteiger partial charge in [0.25, 0.3) is 0 Å². The van der Waals surface area contributed by atoms with Gasteiger partial charge in [0.15, 0.2) is 11.7 Å². The van der Waals surface area contributed by atoms with Crippen molar-refractivity contribution in [3.8, 4) is 0 Å². The third kappa shape index (κ3) is 6.57. The molecule has 1 aliphatic rings. The van der Waals surface area contributed by atoms with Crippen molar-refractivity contribution in [2.24, 2.45) is 4.99 Å². The van der Waals surface area contributed by atoms with Crippen LogP contribution in [0.4, 0.5) is 0 Å². The van der Waals surface area contributed by atoms with Crippen molar-refractivity contribution in [1.29, 1.82) is 0 Å². The normalized spacial score (nSPS) is 17.1. The fraction of sp³-hybridized carbons (Fsp3) is 0.600. The highest BCUT2D eigenvalue weighted by molar-refractivity contribution is 5.80. The van der Waals surface area contributed by atoms with Gasteiger partial charge in [-0.2, -0.15) is 0 Å². The van der Waals surface area contributed by atoms with Crippen LogP contribution in [0.5, 0.6) is 0 Å².